The molecule has 1 heterocycles. The van der Waals surface area contributed by atoms with Crippen LogP contribution in [0.2, 0.25) is 0 Å². The monoisotopic (exact) mass is 286 g/mol. The van der Waals surface area contributed by atoms with Gasteiger partial charge in [0.1, 0.15) is 4.90 Å². The van der Waals surface area contributed by atoms with E-state index >= 15 is 0 Å². The highest BCUT2D eigenvalue weighted by atomic mass is 32.2. The number of hydrogen-bond acceptors (Lipinski definition) is 4. The van der Waals surface area contributed by atoms with Crippen LogP contribution >= 0.6 is 0 Å². The Kier molecular flexibility index (Phi) is 3.87. The Labute approximate surface area is 114 Å². The lowest BCUT2D eigenvalue weighted by Gasteiger charge is -2.21. The van der Waals surface area contributed by atoms with Gasteiger partial charge in [0.15, 0.2) is 5.82 Å². The molecule has 1 aromatic heterocycles. The molecule has 0 aliphatic heterocycles. The Balaban J connectivity index is 2.37. The van der Waals surface area contributed by atoms with Gasteiger partial charge in [0.05, 0.1) is 5.69 Å². The molecule has 0 amide bonds. The average molecular weight is 286 g/mol. The topological polar surface area (TPSA) is 81.2 Å². The molecule has 0 spiro atoms. The molecule has 7 heteroatoms. The Morgan fingerprint density at radius 3 is 2.53 bits per heavy atom. The molecule has 0 bridgehead atoms. The molecule has 0 atom stereocenters. The summed E-state index contributed by atoms with van der Waals surface area (Å²) in [5, 5.41) is 4.00. The van der Waals surface area contributed by atoms with Gasteiger partial charge in [-0.1, -0.05) is 6.92 Å². The molecular weight excluding hydrogens is 264 g/mol. The Morgan fingerprint density at radius 2 is 2.11 bits per heavy atom. The van der Waals surface area contributed by atoms with E-state index in [1.165, 1.54) is 4.68 Å². The van der Waals surface area contributed by atoms with Gasteiger partial charge in [-0.05, 0) is 32.1 Å². The van der Waals surface area contributed by atoms with Crippen LogP contribution < -0.4 is 5.73 Å². The number of aryl methyl sites for hydroxylation is 1. The number of rotatable bonds is 6. The fourth-order valence-corrected chi connectivity index (χ4v) is 4.11. The quantitative estimate of drug-likeness (QED) is 0.849. The second kappa shape index (κ2) is 5.13. The predicted molar refractivity (Wildman–Crippen MR) is 74.1 cm³/mol. The molecule has 1 aliphatic rings. The van der Waals surface area contributed by atoms with E-state index in [0.29, 0.717) is 24.7 Å². The summed E-state index contributed by atoms with van der Waals surface area (Å²) in [5.74, 6) is 0.608. The van der Waals surface area contributed by atoms with Gasteiger partial charge in [-0.25, -0.2) is 8.42 Å². The first-order valence-corrected chi connectivity index (χ1v) is 8.11. The Hall–Kier alpha value is -1.08. The van der Waals surface area contributed by atoms with E-state index in [2.05, 4.69) is 5.10 Å². The zero-order valence-corrected chi connectivity index (χ0v) is 12.6. The third-order valence-corrected chi connectivity index (χ3v) is 5.57. The smallest absolute Gasteiger partial charge is 0.248 e. The molecule has 2 rings (SSSR count). The van der Waals surface area contributed by atoms with Gasteiger partial charge in [0, 0.05) is 20.1 Å². The molecule has 108 valence electrons. The molecule has 1 fully saturated rings. The van der Waals surface area contributed by atoms with Gasteiger partial charge >= 0.3 is 0 Å². The van der Waals surface area contributed by atoms with Crippen molar-refractivity contribution in [1.82, 2.24) is 14.1 Å². The van der Waals surface area contributed by atoms with Gasteiger partial charge < -0.3 is 5.73 Å². The summed E-state index contributed by atoms with van der Waals surface area (Å²) >= 11 is 0. The zero-order chi connectivity index (χ0) is 14.2. The second-order valence-corrected chi connectivity index (χ2v) is 7.10. The number of nitrogens with zero attached hydrogens (tertiary/aromatic N) is 3. The highest BCUT2D eigenvalue weighted by molar-refractivity contribution is 7.89. The molecule has 0 radical (unpaired) electrons. The molecule has 19 heavy (non-hydrogen) atoms. The Bertz CT molecular complexity index is 561. The van der Waals surface area contributed by atoms with E-state index in [-0.39, 0.29) is 10.7 Å². The molecule has 1 aliphatic carbocycles. The van der Waals surface area contributed by atoms with Gasteiger partial charge in [-0.3, -0.25) is 4.68 Å². The van der Waals surface area contributed by atoms with E-state index in [0.717, 1.165) is 19.3 Å². The SMILES string of the molecule is CCCN(CC1CC1)S(=O)(=O)c1c(N)nn(C)c1C. The van der Waals surface area contributed by atoms with Crippen LogP contribution in [0.1, 0.15) is 31.9 Å². The lowest BCUT2D eigenvalue weighted by molar-refractivity contribution is 0.395. The number of aromatic nitrogens is 2. The minimum atomic E-state index is -3.53. The first-order valence-electron chi connectivity index (χ1n) is 6.67. The van der Waals surface area contributed by atoms with E-state index in [9.17, 15) is 8.42 Å². The maximum Gasteiger partial charge on any atom is 0.248 e. The molecule has 0 saturated heterocycles. The van der Waals surface area contributed by atoms with Crippen molar-refractivity contribution in [2.45, 2.75) is 38.0 Å². The van der Waals surface area contributed by atoms with Crippen molar-refractivity contribution >= 4 is 15.8 Å². The summed E-state index contributed by atoms with van der Waals surface area (Å²) in [5.41, 5.74) is 6.36. The van der Waals surface area contributed by atoms with Gasteiger partial charge in [0.25, 0.3) is 0 Å². The number of sulfonamides is 1. The largest absolute Gasteiger partial charge is 0.381 e. The minimum Gasteiger partial charge on any atom is -0.381 e. The van der Waals surface area contributed by atoms with E-state index in [1.807, 2.05) is 6.92 Å². The van der Waals surface area contributed by atoms with Crippen LogP contribution in [-0.2, 0) is 17.1 Å². The van der Waals surface area contributed by atoms with Gasteiger partial charge in [0.2, 0.25) is 10.0 Å². The predicted octanol–water partition coefficient (Wildman–Crippen LogP) is 1.12. The van der Waals surface area contributed by atoms with Crippen LogP contribution in [0.3, 0.4) is 0 Å². The first kappa shape index (κ1) is 14.3. The molecular formula is C12H22N4O2S. The maximum atomic E-state index is 12.7. The van der Waals surface area contributed by atoms with Crippen LogP contribution in [0.5, 0.6) is 0 Å². The van der Waals surface area contributed by atoms with Crippen LogP contribution in [0.25, 0.3) is 0 Å². The van der Waals surface area contributed by atoms with Crippen molar-refractivity contribution in [2.75, 3.05) is 18.8 Å². The van der Waals surface area contributed by atoms with Crippen molar-refractivity contribution < 1.29 is 8.42 Å². The molecule has 0 unspecified atom stereocenters. The Morgan fingerprint density at radius 1 is 1.47 bits per heavy atom. The van der Waals surface area contributed by atoms with E-state index < -0.39 is 10.0 Å². The molecule has 6 nitrogen and oxygen atoms in total. The number of anilines is 1. The summed E-state index contributed by atoms with van der Waals surface area (Å²) < 4.78 is 28.5. The maximum absolute atomic E-state index is 12.7. The third-order valence-electron chi connectivity index (χ3n) is 3.53. The summed E-state index contributed by atoms with van der Waals surface area (Å²) in [6, 6.07) is 0. The van der Waals surface area contributed by atoms with Crippen molar-refractivity contribution in [3.05, 3.63) is 5.69 Å². The molecule has 1 aromatic rings. The van der Waals surface area contributed by atoms with E-state index in [4.69, 9.17) is 5.73 Å². The number of hydrogen-bond donors (Lipinski definition) is 1. The van der Waals surface area contributed by atoms with Gasteiger partial charge in [-0.2, -0.15) is 9.40 Å². The summed E-state index contributed by atoms with van der Waals surface area (Å²) in [6.07, 6.45) is 3.04. The van der Waals surface area contributed by atoms with Crippen LogP contribution in [0.15, 0.2) is 4.90 Å². The summed E-state index contributed by atoms with van der Waals surface area (Å²) in [7, 11) is -1.83. The van der Waals surface area contributed by atoms with E-state index in [1.54, 1.807) is 18.3 Å². The number of nitrogens with two attached hydrogens (primary N) is 1. The molecule has 1 saturated carbocycles. The van der Waals surface area contributed by atoms with Crippen molar-refractivity contribution in [1.29, 1.82) is 0 Å². The van der Waals surface area contributed by atoms with Crippen molar-refractivity contribution in [2.24, 2.45) is 13.0 Å². The molecule has 2 N–H and O–H groups in total. The van der Waals surface area contributed by atoms with Crippen LogP contribution in [0.4, 0.5) is 5.82 Å². The van der Waals surface area contributed by atoms with Crippen LogP contribution in [-0.4, -0.2) is 35.6 Å². The second-order valence-electron chi connectivity index (χ2n) is 5.23. The minimum absolute atomic E-state index is 0.0944. The zero-order valence-electron chi connectivity index (χ0n) is 11.8. The lowest BCUT2D eigenvalue weighted by Crippen LogP contribution is -2.34. The summed E-state index contributed by atoms with van der Waals surface area (Å²) in [4.78, 5) is 0.170. The summed E-state index contributed by atoms with van der Waals surface area (Å²) in [6.45, 7) is 4.85. The van der Waals surface area contributed by atoms with Crippen molar-refractivity contribution in [3.8, 4) is 0 Å². The average Bonchev–Trinajstić information content (AvgIpc) is 3.07. The van der Waals surface area contributed by atoms with Crippen molar-refractivity contribution in [3.63, 3.8) is 0 Å². The first-order chi connectivity index (χ1) is 8.87. The highest BCUT2D eigenvalue weighted by Gasteiger charge is 2.34. The van der Waals surface area contributed by atoms with Crippen LogP contribution in [0, 0.1) is 12.8 Å². The normalized spacial score (nSPS) is 16.2. The number of nitrogen functional groups attached to an aromatic ring is 1. The molecule has 0 aromatic carbocycles. The third kappa shape index (κ3) is 2.76. The standard InChI is InChI=1S/C12H22N4O2S/c1-4-7-16(8-10-5-6-10)19(17,18)11-9(2)15(3)14-12(11)13/h10H,4-8H2,1-3H3,(H2,13,14). The fraction of sp³-hybridized carbons (Fsp3) is 0.750. The fourth-order valence-electron chi connectivity index (χ4n) is 2.21. The van der Waals surface area contributed by atoms with Gasteiger partial charge in [-0.15, -0.1) is 0 Å². The highest BCUT2D eigenvalue weighted by Crippen LogP contribution is 2.33. The lowest BCUT2D eigenvalue weighted by atomic mass is 10.4.